The van der Waals surface area contributed by atoms with Crippen LogP contribution in [0.15, 0.2) is 46.8 Å². The van der Waals surface area contributed by atoms with Gasteiger partial charge in [0.2, 0.25) is 15.9 Å². The second-order valence-corrected chi connectivity index (χ2v) is 11.9. The maximum absolute atomic E-state index is 13.2. The number of aromatic nitrogens is 1. The van der Waals surface area contributed by atoms with Crippen molar-refractivity contribution in [1.82, 2.24) is 9.29 Å². The Morgan fingerprint density at radius 3 is 2.75 bits per heavy atom. The minimum absolute atomic E-state index is 0.0759. The van der Waals surface area contributed by atoms with Crippen molar-refractivity contribution in [3.05, 3.63) is 47.5 Å². The van der Waals surface area contributed by atoms with Crippen molar-refractivity contribution in [2.75, 3.05) is 25.0 Å². The Balaban J connectivity index is 1.25. The number of nitrogens with zero attached hydrogens (tertiary/aromatic N) is 2. The molecule has 2 aliphatic heterocycles. The van der Waals surface area contributed by atoms with Crippen molar-refractivity contribution < 1.29 is 17.9 Å². The van der Waals surface area contributed by atoms with Crippen molar-refractivity contribution >= 4 is 43.2 Å². The number of thiazole rings is 1. The number of sulfonamides is 1. The maximum Gasteiger partial charge on any atom is 0.243 e. The van der Waals surface area contributed by atoms with Gasteiger partial charge in [-0.05, 0) is 49.2 Å². The third-order valence-electron chi connectivity index (χ3n) is 6.33. The van der Waals surface area contributed by atoms with Crippen LogP contribution in [0, 0.1) is 5.92 Å². The Morgan fingerprint density at radius 2 is 1.97 bits per heavy atom. The minimum Gasteiger partial charge on any atom is -0.492 e. The van der Waals surface area contributed by atoms with E-state index in [0.29, 0.717) is 38.2 Å². The molecule has 1 fully saturated rings. The van der Waals surface area contributed by atoms with Gasteiger partial charge in [-0.1, -0.05) is 13.8 Å². The second-order valence-electron chi connectivity index (χ2n) is 9.03. The molecule has 1 saturated heterocycles. The van der Waals surface area contributed by atoms with Gasteiger partial charge in [-0.3, -0.25) is 4.79 Å². The van der Waals surface area contributed by atoms with E-state index in [2.05, 4.69) is 10.3 Å². The van der Waals surface area contributed by atoms with Crippen molar-refractivity contribution in [3.63, 3.8) is 0 Å². The predicted octanol–water partition coefficient (Wildman–Crippen LogP) is 4.01. The predicted molar refractivity (Wildman–Crippen MR) is 125 cm³/mol. The molecule has 0 radical (unpaired) electrons. The normalized spacial score (nSPS) is 18.9. The fourth-order valence-corrected chi connectivity index (χ4v) is 6.50. The van der Waals surface area contributed by atoms with Crippen LogP contribution in [-0.2, 0) is 20.2 Å². The van der Waals surface area contributed by atoms with Gasteiger partial charge in [0.15, 0.2) is 0 Å². The molecule has 0 unspecified atom stereocenters. The fourth-order valence-electron chi connectivity index (χ4n) is 4.35. The van der Waals surface area contributed by atoms with Gasteiger partial charge in [-0.2, -0.15) is 4.31 Å². The molecule has 1 aromatic heterocycles. The highest BCUT2D eigenvalue weighted by molar-refractivity contribution is 7.89. The topological polar surface area (TPSA) is 88.6 Å². The standard InChI is InChI=1S/C23H25N3O4S2/c1-23(2)13-30-20-5-4-17(12-18(20)23)32(28,29)26-9-7-15(8-10-26)22(27)25-16-3-6-21-19(11-16)24-14-31-21/h3-6,11-12,14-15H,7-10,13H2,1-2H3,(H,25,27). The number of rotatable bonds is 4. The lowest BCUT2D eigenvalue weighted by molar-refractivity contribution is -0.120. The van der Waals surface area contributed by atoms with E-state index in [1.54, 1.807) is 35.0 Å². The van der Waals surface area contributed by atoms with Crippen LogP contribution in [0.5, 0.6) is 5.75 Å². The fraction of sp³-hybridized carbons (Fsp3) is 0.391. The number of benzene rings is 2. The first-order valence-corrected chi connectivity index (χ1v) is 13.0. The Bertz CT molecular complexity index is 1290. The quantitative estimate of drug-likeness (QED) is 0.621. The smallest absolute Gasteiger partial charge is 0.243 e. The van der Waals surface area contributed by atoms with Gasteiger partial charge in [0, 0.05) is 35.7 Å². The second kappa shape index (κ2) is 7.83. The Hall–Kier alpha value is -2.49. The van der Waals surface area contributed by atoms with Gasteiger partial charge in [-0.25, -0.2) is 13.4 Å². The molecule has 5 rings (SSSR count). The lowest BCUT2D eigenvalue weighted by Crippen LogP contribution is -2.41. The van der Waals surface area contributed by atoms with Crippen LogP contribution in [0.25, 0.3) is 10.2 Å². The molecule has 2 aliphatic rings. The first-order chi connectivity index (χ1) is 15.2. The highest BCUT2D eigenvalue weighted by atomic mass is 32.2. The molecule has 3 aromatic rings. The van der Waals surface area contributed by atoms with E-state index < -0.39 is 10.0 Å². The van der Waals surface area contributed by atoms with Gasteiger partial charge in [0.05, 0.1) is 27.2 Å². The first-order valence-electron chi connectivity index (χ1n) is 10.7. The van der Waals surface area contributed by atoms with E-state index in [0.717, 1.165) is 21.5 Å². The summed E-state index contributed by atoms with van der Waals surface area (Å²) in [5.41, 5.74) is 4.06. The number of carbonyl (C=O) groups is 1. The van der Waals surface area contributed by atoms with E-state index in [-0.39, 0.29) is 22.1 Å². The van der Waals surface area contributed by atoms with E-state index in [1.165, 1.54) is 4.31 Å². The molecule has 0 aliphatic carbocycles. The molecule has 1 amide bonds. The van der Waals surface area contributed by atoms with Gasteiger partial charge in [-0.15, -0.1) is 11.3 Å². The van der Waals surface area contributed by atoms with Crippen LogP contribution < -0.4 is 10.1 Å². The summed E-state index contributed by atoms with van der Waals surface area (Å²) >= 11 is 1.56. The molecule has 9 heteroatoms. The summed E-state index contributed by atoms with van der Waals surface area (Å²) in [5, 5.41) is 2.96. The summed E-state index contributed by atoms with van der Waals surface area (Å²) in [5.74, 6) is 0.452. The van der Waals surface area contributed by atoms with Gasteiger partial charge >= 0.3 is 0 Å². The van der Waals surface area contributed by atoms with Crippen LogP contribution in [0.2, 0.25) is 0 Å². The number of ether oxygens (including phenoxy) is 1. The minimum atomic E-state index is -3.62. The number of fused-ring (bicyclic) bond motifs is 2. The molecule has 168 valence electrons. The number of anilines is 1. The van der Waals surface area contributed by atoms with Crippen LogP contribution in [0.3, 0.4) is 0 Å². The largest absolute Gasteiger partial charge is 0.492 e. The van der Waals surface area contributed by atoms with Crippen molar-refractivity contribution in [2.24, 2.45) is 5.92 Å². The lowest BCUT2D eigenvalue weighted by atomic mass is 9.87. The Kier molecular flexibility index (Phi) is 5.22. The molecule has 0 atom stereocenters. The highest BCUT2D eigenvalue weighted by Gasteiger charge is 2.36. The zero-order chi connectivity index (χ0) is 22.5. The maximum atomic E-state index is 13.2. The van der Waals surface area contributed by atoms with Crippen molar-refractivity contribution in [1.29, 1.82) is 0 Å². The monoisotopic (exact) mass is 471 g/mol. The summed E-state index contributed by atoms with van der Waals surface area (Å²) in [6.45, 7) is 5.28. The highest BCUT2D eigenvalue weighted by Crippen LogP contribution is 2.40. The molecule has 0 saturated carbocycles. The molecular weight excluding hydrogens is 446 g/mol. The zero-order valence-electron chi connectivity index (χ0n) is 18.0. The SMILES string of the molecule is CC1(C)COc2ccc(S(=O)(=O)N3CCC(C(=O)Nc4ccc5scnc5c4)CC3)cc21. The summed E-state index contributed by atoms with van der Waals surface area (Å²) < 4.78 is 34.7. The van der Waals surface area contributed by atoms with E-state index in [1.807, 2.05) is 32.0 Å². The van der Waals surface area contributed by atoms with Crippen LogP contribution in [0.4, 0.5) is 5.69 Å². The van der Waals surface area contributed by atoms with E-state index >= 15 is 0 Å². The van der Waals surface area contributed by atoms with E-state index in [9.17, 15) is 13.2 Å². The number of hydrogen-bond acceptors (Lipinski definition) is 6. The molecule has 2 aromatic carbocycles. The first kappa shape index (κ1) is 21.4. The summed E-state index contributed by atoms with van der Waals surface area (Å²) in [7, 11) is -3.62. The molecule has 1 N–H and O–H groups in total. The van der Waals surface area contributed by atoms with Crippen LogP contribution in [-0.4, -0.2) is 43.3 Å². The third kappa shape index (κ3) is 3.78. The molecular formula is C23H25N3O4S2. The summed E-state index contributed by atoms with van der Waals surface area (Å²) in [6.07, 6.45) is 0.979. The number of piperidine rings is 1. The molecule has 3 heterocycles. The molecule has 0 bridgehead atoms. The molecule has 7 nitrogen and oxygen atoms in total. The summed E-state index contributed by atoms with van der Waals surface area (Å²) in [6, 6.07) is 10.8. The molecule has 0 spiro atoms. The average Bonchev–Trinajstić information content (AvgIpc) is 3.37. The Labute approximate surface area is 191 Å². The van der Waals surface area contributed by atoms with Gasteiger partial charge in [0.25, 0.3) is 0 Å². The van der Waals surface area contributed by atoms with Gasteiger partial charge in [0.1, 0.15) is 5.75 Å². The molecule has 32 heavy (non-hydrogen) atoms. The average molecular weight is 472 g/mol. The van der Waals surface area contributed by atoms with Crippen LogP contribution in [0.1, 0.15) is 32.3 Å². The number of amides is 1. The summed E-state index contributed by atoms with van der Waals surface area (Å²) in [4.78, 5) is 17.3. The van der Waals surface area contributed by atoms with Crippen LogP contribution >= 0.6 is 11.3 Å². The zero-order valence-corrected chi connectivity index (χ0v) is 19.6. The third-order valence-corrected chi connectivity index (χ3v) is 9.03. The lowest BCUT2D eigenvalue weighted by Gasteiger charge is -2.30. The van der Waals surface area contributed by atoms with Crippen molar-refractivity contribution in [3.8, 4) is 5.75 Å². The number of nitrogens with one attached hydrogen (secondary N) is 1. The van der Waals surface area contributed by atoms with Gasteiger partial charge < -0.3 is 10.1 Å². The van der Waals surface area contributed by atoms with E-state index in [4.69, 9.17) is 4.74 Å². The van der Waals surface area contributed by atoms with Crippen molar-refractivity contribution in [2.45, 2.75) is 37.0 Å². The Morgan fingerprint density at radius 1 is 1.19 bits per heavy atom. The number of carbonyl (C=O) groups excluding carboxylic acids is 1. The number of hydrogen-bond donors (Lipinski definition) is 1.